The van der Waals surface area contributed by atoms with Crippen LogP contribution < -0.4 is 11.1 Å². The maximum absolute atomic E-state index is 4.61. The molecule has 22 heavy (non-hydrogen) atoms. The summed E-state index contributed by atoms with van der Waals surface area (Å²) in [6.07, 6.45) is 9.56. The van der Waals surface area contributed by atoms with Crippen molar-refractivity contribution in [1.29, 1.82) is 0 Å². The number of nitrogens with one attached hydrogen (secondary N) is 1. The zero-order chi connectivity index (χ0) is 18.7. The smallest absolute Gasteiger partial charge is 0.00679 e. The first-order chi connectivity index (χ1) is 10.1. The predicted molar refractivity (Wildman–Crippen MR) is 107 cm³/mol. The molecule has 0 aliphatic rings. The third kappa shape index (κ3) is 36.4. The van der Waals surface area contributed by atoms with Crippen molar-refractivity contribution in [1.82, 2.24) is 5.32 Å². The van der Waals surface area contributed by atoms with E-state index in [0.717, 1.165) is 0 Å². The summed E-state index contributed by atoms with van der Waals surface area (Å²) in [7, 11) is 0. The number of hydrogen-bond acceptors (Lipinski definition) is 2. The average Bonchev–Trinajstić information content (AvgIpc) is 2.50. The van der Waals surface area contributed by atoms with Crippen molar-refractivity contribution in [3.05, 3.63) is 38.3 Å². The predicted octanol–water partition coefficient (Wildman–Crippen LogP) is 6.62. The summed E-state index contributed by atoms with van der Waals surface area (Å²) in [6, 6.07) is 0. The van der Waals surface area contributed by atoms with Gasteiger partial charge in [0, 0.05) is 0 Å². The van der Waals surface area contributed by atoms with Crippen LogP contribution in [0.25, 0.3) is 0 Å². The fourth-order valence-corrected chi connectivity index (χ4v) is 0.583. The first kappa shape index (κ1) is 28.9. The molecule has 0 saturated heterocycles. The summed E-state index contributed by atoms with van der Waals surface area (Å²) in [5.74, 6) is 0. The monoisotopic (exact) mass is 312 g/mol. The second kappa shape index (κ2) is 19.8. The molecule has 0 atom stereocenters. The summed E-state index contributed by atoms with van der Waals surface area (Å²) < 4.78 is 0. The largest absolute Gasteiger partial charge is 0.405 e. The molecule has 0 unspecified atom stereocenters. The molecular weight excluding hydrogens is 268 g/mol. The van der Waals surface area contributed by atoms with E-state index in [1.807, 2.05) is 0 Å². The lowest BCUT2D eigenvalue weighted by Gasteiger charge is -2.18. The molecule has 0 saturated carbocycles. The van der Waals surface area contributed by atoms with Crippen molar-refractivity contribution in [3.8, 4) is 0 Å². The van der Waals surface area contributed by atoms with Gasteiger partial charge in [-0.05, 0) is 29.4 Å². The second-order valence-electron chi connectivity index (χ2n) is 6.55. The van der Waals surface area contributed by atoms with E-state index in [1.165, 1.54) is 31.9 Å². The molecule has 134 valence electrons. The van der Waals surface area contributed by atoms with Crippen LogP contribution in [0.1, 0.15) is 81.1 Å². The Balaban J connectivity index is -0.000000103. The highest BCUT2D eigenvalue weighted by atomic mass is 14.8. The fraction of sp³-hybridized carbons (Fsp3) is 0.700. The molecule has 0 heterocycles. The third-order valence-electron chi connectivity index (χ3n) is 4.06. The minimum absolute atomic E-state index is 0.583. The zero-order valence-corrected chi connectivity index (χ0v) is 16.8. The Kier molecular flexibility index (Phi) is 26.0. The van der Waals surface area contributed by atoms with Crippen LogP contribution in [0, 0.1) is 10.8 Å². The van der Waals surface area contributed by atoms with Gasteiger partial charge in [0.05, 0.1) is 0 Å². The lowest BCUT2D eigenvalue weighted by atomic mass is 9.88. The van der Waals surface area contributed by atoms with E-state index < -0.39 is 0 Å². The van der Waals surface area contributed by atoms with Crippen molar-refractivity contribution in [2.75, 3.05) is 0 Å². The zero-order valence-electron chi connectivity index (χ0n) is 16.8. The summed E-state index contributed by atoms with van der Waals surface area (Å²) in [5.41, 5.74) is 5.78. The van der Waals surface area contributed by atoms with E-state index in [0.29, 0.717) is 10.8 Å². The van der Waals surface area contributed by atoms with Crippen LogP contribution in [0.2, 0.25) is 0 Å². The Morgan fingerprint density at radius 1 is 0.727 bits per heavy atom. The maximum atomic E-state index is 4.61. The normalized spacial score (nSPS) is 9.45. The highest BCUT2D eigenvalue weighted by Gasteiger charge is 2.10. The van der Waals surface area contributed by atoms with Gasteiger partial charge in [-0.15, -0.1) is 0 Å². The fourth-order valence-electron chi connectivity index (χ4n) is 0.583. The molecule has 0 fully saturated rings. The van der Waals surface area contributed by atoms with Crippen LogP contribution in [0.4, 0.5) is 0 Å². The van der Waals surface area contributed by atoms with Crippen LogP contribution in [0.5, 0.6) is 0 Å². The van der Waals surface area contributed by atoms with E-state index in [9.17, 15) is 0 Å². The standard InChI is InChI=1S/2C7H16.C4H7N.C2H5N/c2*1-5-7(3,4)6-2;1-3-5-4-2;1-2-3/h2*5-6H2,1-4H3;3-5H,1-2H2;2H,1,3H2. The Labute approximate surface area is 142 Å². The Morgan fingerprint density at radius 3 is 0.909 bits per heavy atom. The van der Waals surface area contributed by atoms with Gasteiger partial charge < -0.3 is 11.1 Å². The van der Waals surface area contributed by atoms with Gasteiger partial charge in [-0.2, -0.15) is 0 Å². The van der Waals surface area contributed by atoms with Crippen LogP contribution >= 0.6 is 0 Å². The third-order valence-corrected chi connectivity index (χ3v) is 4.06. The van der Waals surface area contributed by atoms with Gasteiger partial charge in [0.2, 0.25) is 0 Å². The van der Waals surface area contributed by atoms with Gasteiger partial charge in [0.25, 0.3) is 0 Å². The second-order valence-corrected chi connectivity index (χ2v) is 6.55. The lowest BCUT2D eigenvalue weighted by Crippen LogP contribution is -2.05. The summed E-state index contributed by atoms with van der Waals surface area (Å²) in [4.78, 5) is 0. The van der Waals surface area contributed by atoms with E-state index in [2.05, 4.69) is 86.2 Å². The minimum Gasteiger partial charge on any atom is -0.405 e. The summed E-state index contributed by atoms with van der Waals surface area (Å²) in [6.45, 7) is 28.0. The van der Waals surface area contributed by atoms with Crippen molar-refractivity contribution in [2.45, 2.75) is 81.1 Å². The number of rotatable bonds is 6. The summed E-state index contributed by atoms with van der Waals surface area (Å²) >= 11 is 0. The van der Waals surface area contributed by atoms with Gasteiger partial charge in [0.15, 0.2) is 0 Å². The lowest BCUT2D eigenvalue weighted by molar-refractivity contribution is 0.338. The van der Waals surface area contributed by atoms with Gasteiger partial charge in [-0.1, -0.05) is 101 Å². The van der Waals surface area contributed by atoms with Crippen LogP contribution in [0.15, 0.2) is 38.3 Å². The molecule has 0 amide bonds. The molecule has 0 aromatic heterocycles. The van der Waals surface area contributed by atoms with E-state index >= 15 is 0 Å². The van der Waals surface area contributed by atoms with E-state index in [1.54, 1.807) is 12.4 Å². The molecule has 0 aromatic carbocycles. The average molecular weight is 313 g/mol. The number of hydrogen-bond donors (Lipinski definition) is 2. The maximum Gasteiger partial charge on any atom is -0.00679 e. The van der Waals surface area contributed by atoms with Crippen molar-refractivity contribution >= 4 is 0 Å². The van der Waals surface area contributed by atoms with Crippen LogP contribution in [-0.2, 0) is 0 Å². The first-order valence-corrected chi connectivity index (χ1v) is 8.38. The molecule has 0 radical (unpaired) electrons. The molecule has 0 spiro atoms. The Morgan fingerprint density at radius 2 is 0.909 bits per heavy atom. The highest BCUT2D eigenvalue weighted by molar-refractivity contribution is 4.72. The first-order valence-electron chi connectivity index (χ1n) is 8.38. The molecule has 0 rings (SSSR count). The van der Waals surface area contributed by atoms with Crippen LogP contribution in [0.3, 0.4) is 0 Å². The minimum atomic E-state index is 0.583. The molecule has 0 aliphatic heterocycles. The van der Waals surface area contributed by atoms with Crippen LogP contribution in [-0.4, -0.2) is 0 Å². The van der Waals surface area contributed by atoms with Gasteiger partial charge in [0.1, 0.15) is 0 Å². The van der Waals surface area contributed by atoms with Gasteiger partial charge in [-0.25, -0.2) is 0 Å². The Hall–Kier alpha value is -1.18. The molecule has 0 aromatic rings. The van der Waals surface area contributed by atoms with Gasteiger partial charge >= 0.3 is 0 Å². The highest BCUT2D eigenvalue weighted by Crippen LogP contribution is 2.23. The van der Waals surface area contributed by atoms with E-state index in [-0.39, 0.29) is 0 Å². The molecule has 2 heteroatoms. The van der Waals surface area contributed by atoms with Crippen molar-refractivity contribution in [3.63, 3.8) is 0 Å². The SMILES string of the molecule is C=CN.C=CNC=C.CCC(C)(C)CC.CCC(C)(C)CC. The topological polar surface area (TPSA) is 38.0 Å². The molecule has 3 N–H and O–H groups in total. The van der Waals surface area contributed by atoms with Crippen molar-refractivity contribution in [2.24, 2.45) is 16.6 Å². The molecule has 2 nitrogen and oxygen atoms in total. The quantitative estimate of drug-likeness (QED) is 0.578. The van der Waals surface area contributed by atoms with E-state index in [4.69, 9.17) is 0 Å². The van der Waals surface area contributed by atoms with Crippen molar-refractivity contribution < 1.29 is 0 Å². The molecular formula is C20H44N2. The number of nitrogens with two attached hydrogens (primary N) is 1. The Bertz CT molecular complexity index is 206. The molecule has 0 bridgehead atoms. The molecule has 0 aliphatic carbocycles. The van der Waals surface area contributed by atoms with Gasteiger partial charge in [-0.3, -0.25) is 0 Å². The summed E-state index contributed by atoms with van der Waals surface area (Å²) in [5, 5.41) is 2.64.